The summed E-state index contributed by atoms with van der Waals surface area (Å²) < 4.78 is 5.56. The molecule has 2 amide bonds. The number of carbonyl (C=O) groups excluding carboxylic acids is 2. The summed E-state index contributed by atoms with van der Waals surface area (Å²) in [6.45, 7) is 3.56. The molecule has 2 aromatic rings. The number of fused-ring (bicyclic) bond motifs is 1. The molecule has 0 saturated carbocycles. The van der Waals surface area contributed by atoms with Gasteiger partial charge in [-0.2, -0.15) is 0 Å². The van der Waals surface area contributed by atoms with Crippen LogP contribution in [-0.2, 0) is 4.74 Å². The molecule has 0 unspecified atom stereocenters. The molecular weight excluding hydrogens is 354 g/mol. The Hall–Kier alpha value is -2.34. The van der Waals surface area contributed by atoms with Crippen molar-refractivity contribution in [2.45, 2.75) is 25.4 Å². The lowest BCUT2D eigenvalue weighted by Crippen LogP contribution is -2.48. The first-order valence-electron chi connectivity index (χ1n) is 8.68. The molecule has 0 atom stereocenters. The first-order chi connectivity index (χ1) is 12.4. The van der Waals surface area contributed by atoms with Gasteiger partial charge in [0.1, 0.15) is 5.60 Å². The number of nitrogens with zero attached hydrogens (tertiary/aromatic N) is 3. The van der Waals surface area contributed by atoms with Crippen molar-refractivity contribution in [2.24, 2.45) is 0 Å². The van der Waals surface area contributed by atoms with Crippen molar-refractivity contribution in [1.82, 2.24) is 14.8 Å². The van der Waals surface area contributed by atoms with E-state index in [2.05, 4.69) is 4.98 Å². The Kier molecular flexibility index (Phi) is 4.03. The van der Waals surface area contributed by atoms with Crippen molar-refractivity contribution in [2.75, 3.05) is 26.7 Å². The van der Waals surface area contributed by atoms with E-state index in [4.69, 9.17) is 16.3 Å². The molecule has 1 aromatic carbocycles. The Morgan fingerprint density at radius 3 is 2.69 bits per heavy atom. The van der Waals surface area contributed by atoms with Crippen LogP contribution in [0.3, 0.4) is 0 Å². The molecule has 2 saturated heterocycles. The van der Waals surface area contributed by atoms with Crippen LogP contribution in [0.15, 0.2) is 24.3 Å². The van der Waals surface area contributed by atoms with Gasteiger partial charge in [0.15, 0.2) is 0 Å². The highest BCUT2D eigenvalue weighted by Crippen LogP contribution is 2.34. The number of pyridine rings is 1. The van der Waals surface area contributed by atoms with E-state index in [0.717, 1.165) is 11.1 Å². The van der Waals surface area contributed by atoms with E-state index in [1.165, 1.54) is 0 Å². The molecule has 3 heterocycles. The molecule has 7 heteroatoms. The van der Waals surface area contributed by atoms with Crippen LogP contribution in [0, 0.1) is 6.92 Å². The average molecular weight is 374 g/mol. The number of amides is 2. The van der Waals surface area contributed by atoms with E-state index in [0.29, 0.717) is 48.6 Å². The second kappa shape index (κ2) is 6.13. The Morgan fingerprint density at radius 1 is 1.31 bits per heavy atom. The minimum absolute atomic E-state index is 0.0321. The van der Waals surface area contributed by atoms with Gasteiger partial charge in [0.05, 0.1) is 22.6 Å². The monoisotopic (exact) mass is 373 g/mol. The predicted molar refractivity (Wildman–Crippen MR) is 98.5 cm³/mol. The molecule has 136 valence electrons. The first kappa shape index (κ1) is 17.1. The maximum atomic E-state index is 13.1. The van der Waals surface area contributed by atoms with Crippen molar-refractivity contribution in [3.63, 3.8) is 0 Å². The summed E-state index contributed by atoms with van der Waals surface area (Å²) in [4.78, 5) is 32.7. The minimum atomic E-state index is -0.456. The van der Waals surface area contributed by atoms with Crippen LogP contribution in [0.25, 0.3) is 10.9 Å². The van der Waals surface area contributed by atoms with Gasteiger partial charge in [-0.1, -0.05) is 23.7 Å². The zero-order valence-electron chi connectivity index (χ0n) is 14.8. The summed E-state index contributed by atoms with van der Waals surface area (Å²) in [6.07, 6.45) is 1.02. The molecule has 2 aliphatic rings. The molecule has 6 nitrogen and oxygen atoms in total. The van der Waals surface area contributed by atoms with Crippen LogP contribution in [0.2, 0.25) is 5.02 Å². The summed E-state index contributed by atoms with van der Waals surface area (Å²) in [7, 11) is 1.74. The number of carbonyl (C=O) groups is 2. The molecule has 2 aliphatic heterocycles. The van der Waals surface area contributed by atoms with E-state index in [1.807, 2.05) is 30.0 Å². The largest absolute Gasteiger partial charge is 0.441 e. The van der Waals surface area contributed by atoms with Crippen LogP contribution >= 0.6 is 11.6 Å². The number of likely N-dealkylation sites (tertiary alicyclic amines) is 1. The molecule has 0 radical (unpaired) electrons. The predicted octanol–water partition coefficient (Wildman–Crippen LogP) is 3.25. The van der Waals surface area contributed by atoms with Crippen LogP contribution in [0.1, 0.15) is 28.9 Å². The van der Waals surface area contributed by atoms with Crippen molar-refractivity contribution in [3.05, 3.63) is 40.5 Å². The number of rotatable bonds is 1. The Balaban J connectivity index is 1.59. The maximum Gasteiger partial charge on any atom is 0.410 e. The smallest absolute Gasteiger partial charge is 0.410 e. The zero-order valence-corrected chi connectivity index (χ0v) is 15.5. The van der Waals surface area contributed by atoms with Crippen LogP contribution in [0.4, 0.5) is 4.79 Å². The number of aryl methyl sites for hydroxylation is 1. The third kappa shape index (κ3) is 2.78. The fourth-order valence-electron chi connectivity index (χ4n) is 3.86. The van der Waals surface area contributed by atoms with E-state index in [9.17, 15) is 9.59 Å². The summed E-state index contributed by atoms with van der Waals surface area (Å²) in [5, 5.41) is 1.30. The third-order valence-corrected chi connectivity index (χ3v) is 5.56. The first-order valence-corrected chi connectivity index (χ1v) is 9.06. The number of benzene rings is 1. The number of piperidine rings is 1. The molecule has 0 bridgehead atoms. The fraction of sp³-hybridized carbons (Fsp3) is 0.421. The fourth-order valence-corrected chi connectivity index (χ4v) is 4.08. The Morgan fingerprint density at radius 2 is 2.04 bits per heavy atom. The molecule has 26 heavy (non-hydrogen) atoms. The average Bonchev–Trinajstić information content (AvgIpc) is 2.89. The highest BCUT2D eigenvalue weighted by atomic mass is 35.5. The molecule has 0 aliphatic carbocycles. The van der Waals surface area contributed by atoms with Crippen LogP contribution < -0.4 is 0 Å². The van der Waals surface area contributed by atoms with Gasteiger partial charge >= 0.3 is 6.09 Å². The van der Waals surface area contributed by atoms with Crippen molar-refractivity contribution >= 4 is 34.5 Å². The SMILES string of the molecule is Cc1cc(C(=O)N2CCC3(CC2)CN(C)C(=O)O3)c2cccc(Cl)c2n1. The maximum absolute atomic E-state index is 13.1. The topological polar surface area (TPSA) is 62.7 Å². The number of aromatic nitrogens is 1. The number of halogens is 1. The highest BCUT2D eigenvalue weighted by Gasteiger charge is 2.46. The van der Waals surface area contributed by atoms with E-state index in [-0.39, 0.29) is 12.0 Å². The van der Waals surface area contributed by atoms with Gasteiger partial charge in [-0.3, -0.25) is 9.78 Å². The minimum Gasteiger partial charge on any atom is -0.441 e. The number of ether oxygens (including phenoxy) is 1. The second-order valence-corrected chi connectivity index (χ2v) is 7.55. The van der Waals surface area contributed by atoms with Gasteiger partial charge in [0.2, 0.25) is 0 Å². The normalized spacial score (nSPS) is 19.3. The lowest BCUT2D eigenvalue weighted by atomic mass is 9.91. The summed E-state index contributed by atoms with van der Waals surface area (Å²) in [6, 6.07) is 7.30. The van der Waals surface area contributed by atoms with Crippen LogP contribution in [0.5, 0.6) is 0 Å². The Bertz CT molecular complexity index is 906. The van der Waals surface area contributed by atoms with Crippen molar-refractivity contribution in [3.8, 4) is 0 Å². The van der Waals surface area contributed by atoms with Crippen molar-refractivity contribution < 1.29 is 14.3 Å². The van der Waals surface area contributed by atoms with E-state index < -0.39 is 5.60 Å². The third-order valence-electron chi connectivity index (χ3n) is 5.25. The lowest BCUT2D eigenvalue weighted by Gasteiger charge is -2.37. The molecule has 1 spiro atoms. The number of hydrogen-bond acceptors (Lipinski definition) is 4. The number of likely N-dealkylation sites (N-methyl/N-ethyl adjacent to an activating group) is 1. The van der Waals surface area contributed by atoms with Gasteiger partial charge in [-0.25, -0.2) is 4.79 Å². The van der Waals surface area contributed by atoms with Gasteiger partial charge in [0, 0.05) is 44.1 Å². The van der Waals surface area contributed by atoms with Gasteiger partial charge in [-0.15, -0.1) is 0 Å². The second-order valence-electron chi connectivity index (χ2n) is 7.15. The zero-order chi connectivity index (χ0) is 18.5. The summed E-state index contributed by atoms with van der Waals surface area (Å²) >= 11 is 6.26. The number of hydrogen-bond donors (Lipinski definition) is 0. The highest BCUT2D eigenvalue weighted by molar-refractivity contribution is 6.35. The molecule has 4 rings (SSSR count). The number of para-hydroxylation sites is 1. The van der Waals surface area contributed by atoms with E-state index >= 15 is 0 Å². The van der Waals surface area contributed by atoms with Crippen molar-refractivity contribution in [1.29, 1.82) is 0 Å². The summed E-state index contributed by atoms with van der Waals surface area (Å²) in [5.74, 6) is -0.0321. The standard InChI is InChI=1S/C19H20ClN3O3/c1-12-10-14(13-4-3-5-15(20)16(13)21-12)17(24)23-8-6-19(7-9-23)11-22(2)18(25)26-19/h3-5,10H,6-9,11H2,1-2H3. The molecule has 2 fully saturated rings. The summed E-state index contributed by atoms with van der Waals surface area (Å²) in [5.41, 5.74) is 1.57. The van der Waals surface area contributed by atoms with Gasteiger partial charge in [-0.05, 0) is 19.1 Å². The Labute approximate surface area is 156 Å². The van der Waals surface area contributed by atoms with Crippen LogP contribution in [-0.4, -0.2) is 59.1 Å². The quantitative estimate of drug-likeness (QED) is 0.769. The van der Waals surface area contributed by atoms with Gasteiger partial charge in [0.25, 0.3) is 5.91 Å². The molecule has 1 aromatic heterocycles. The van der Waals surface area contributed by atoms with Gasteiger partial charge < -0.3 is 14.5 Å². The lowest BCUT2D eigenvalue weighted by molar-refractivity contribution is 0.00323. The molecule has 0 N–H and O–H groups in total. The molecular formula is C19H20ClN3O3. The van der Waals surface area contributed by atoms with E-state index in [1.54, 1.807) is 18.0 Å².